The summed E-state index contributed by atoms with van der Waals surface area (Å²) < 4.78 is 16.4. The van der Waals surface area contributed by atoms with Crippen LogP contribution in [-0.2, 0) is 9.53 Å². The second-order valence-electron chi connectivity index (χ2n) is 6.28. The molecule has 2 heterocycles. The van der Waals surface area contributed by atoms with Crippen LogP contribution in [0.25, 0.3) is 17.0 Å². The molecule has 1 N–H and O–H groups in total. The first-order chi connectivity index (χ1) is 13.6. The van der Waals surface area contributed by atoms with Gasteiger partial charge < -0.3 is 19.2 Å². The molecule has 0 radical (unpaired) electrons. The highest BCUT2D eigenvalue weighted by atomic mass is 16.6. The lowest BCUT2D eigenvalue weighted by Gasteiger charge is -2.18. The Hall–Kier alpha value is -3.61. The van der Waals surface area contributed by atoms with Crippen molar-refractivity contribution >= 4 is 22.9 Å². The maximum atomic E-state index is 12.2. The zero-order valence-electron chi connectivity index (χ0n) is 15.2. The maximum Gasteiger partial charge on any atom is 0.331 e. The van der Waals surface area contributed by atoms with Crippen molar-refractivity contribution in [3.8, 4) is 11.5 Å². The van der Waals surface area contributed by atoms with Crippen LogP contribution >= 0.6 is 0 Å². The van der Waals surface area contributed by atoms with Crippen LogP contribution in [0.5, 0.6) is 11.5 Å². The van der Waals surface area contributed by atoms with E-state index >= 15 is 0 Å². The van der Waals surface area contributed by atoms with Crippen molar-refractivity contribution in [2.75, 3.05) is 13.2 Å². The minimum atomic E-state index is -0.699. The van der Waals surface area contributed by atoms with Gasteiger partial charge >= 0.3 is 5.97 Å². The number of hydrogen-bond acceptors (Lipinski definition) is 6. The van der Waals surface area contributed by atoms with Gasteiger partial charge in [-0.2, -0.15) is 0 Å². The number of hydrogen-bond donors (Lipinski definition) is 1. The topological polar surface area (TPSA) is 90.5 Å². The van der Waals surface area contributed by atoms with E-state index in [2.05, 4.69) is 9.97 Å². The van der Waals surface area contributed by atoms with Gasteiger partial charge in [-0.3, -0.25) is 4.79 Å². The summed E-state index contributed by atoms with van der Waals surface area (Å²) in [5.41, 5.74) is 1.07. The molecule has 1 aromatic heterocycles. The van der Waals surface area contributed by atoms with Crippen LogP contribution in [0, 0.1) is 0 Å². The summed E-state index contributed by atoms with van der Waals surface area (Å²) in [6.07, 6.45) is 2.25. The summed E-state index contributed by atoms with van der Waals surface area (Å²) in [5.74, 6) is 1.09. The molecule has 1 atom stereocenters. The van der Waals surface area contributed by atoms with Crippen LogP contribution in [0.1, 0.15) is 24.4 Å². The Balaban J connectivity index is 1.46. The predicted molar refractivity (Wildman–Crippen MR) is 103 cm³/mol. The Bertz CT molecular complexity index is 1120. The molecule has 0 spiro atoms. The van der Waals surface area contributed by atoms with Crippen LogP contribution in [0.15, 0.2) is 53.3 Å². The van der Waals surface area contributed by atoms with Gasteiger partial charge in [0.05, 0.1) is 10.9 Å². The third kappa shape index (κ3) is 3.73. The Morgan fingerprint density at radius 2 is 1.96 bits per heavy atom. The summed E-state index contributed by atoms with van der Waals surface area (Å²) in [7, 11) is 0. The number of benzene rings is 2. The molecule has 0 saturated carbocycles. The highest BCUT2D eigenvalue weighted by Gasteiger charge is 2.15. The zero-order chi connectivity index (χ0) is 19.5. The third-order valence-electron chi connectivity index (χ3n) is 4.29. The monoisotopic (exact) mass is 378 g/mol. The molecule has 142 valence electrons. The minimum absolute atomic E-state index is 0.268. The molecule has 2 aromatic carbocycles. The largest absolute Gasteiger partial charge is 0.486 e. The molecule has 0 amide bonds. The SMILES string of the molecule is C[C@H](OC(=O)/C=C/c1ccc2c(c1)OCCO2)c1nc2ccccc2c(=O)[nH]1. The number of rotatable bonds is 4. The molecule has 4 rings (SSSR count). The Morgan fingerprint density at radius 3 is 2.82 bits per heavy atom. The molecule has 7 heteroatoms. The lowest BCUT2D eigenvalue weighted by molar-refractivity contribution is -0.142. The van der Waals surface area contributed by atoms with Gasteiger partial charge in [-0.15, -0.1) is 0 Å². The van der Waals surface area contributed by atoms with E-state index in [0.717, 1.165) is 5.56 Å². The summed E-state index contributed by atoms with van der Waals surface area (Å²) in [6, 6.07) is 12.4. The normalized spacial score (nSPS) is 14.2. The van der Waals surface area contributed by atoms with Crippen LogP contribution in [0.3, 0.4) is 0 Å². The number of para-hydroxylation sites is 1. The van der Waals surface area contributed by atoms with Gasteiger partial charge in [0.15, 0.2) is 23.4 Å². The summed E-state index contributed by atoms with van der Waals surface area (Å²) in [6.45, 7) is 2.68. The molecule has 3 aromatic rings. The predicted octanol–water partition coefficient (Wildman–Crippen LogP) is 3.01. The number of carbonyl (C=O) groups is 1. The summed E-state index contributed by atoms with van der Waals surface area (Å²) in [5, 5.41) is 0.489. The van der Waals surface area contributed by atoms with E-state index in [-0.39, 0.29) is 5.56 Å². The van der Waals surface area contributed by atoms with Gasteiger partial charge in [0.25, 0.3) is 5.56 Å². The first-order valence-corrected chi connectivity index (χ1v) is 8.87. The lowest BCUT2D eigenvalue weighted by Crippen LogP contribution is -2.16. The average Bonchev–Trinajstić information content (AvgIpc) is 2.72. The standard InChI is InChI=1S/C21H18N2O5/c1-13(20-22-16-5-3-2-4-15(16)21(25)23-20)28-19(24)9-7-14-6-8-17-18(12-14)27-11-10-26-17/h2-9,12-13H,10-11H2,1H3,(H,22,23,25)/b9-7+/t13-/m0/s1. The molecule has 0 saturated heterocycles. The van der Waals surface area contributed by atoms with Crippen LogP contribution in [0.4, 0.5) is 0 Å². The number of aromatic amines is 1. The lowest BCUT2D eigenvalue weighted by atomic mass is 10.2. The number of aromatic nitrogens is 2. The van der Waals surface area contributed by atoms with Crippen LogP contribution < -0.4 is 15.0 Å². The van der Waals surface area contributed by atoms with Crippen molar-refractivity contribution in [1.29, 1.82) is 0 Å². The molecular formula is C21H18N2O5. The number of nitrogens with one attached hydrogen (secondary N) is 1. The molecule has 0 bridgehead atoms. The van der Waals surface area contributed by atoms with Gasteiger partial charge in [-0.05, 0) is 42.8 Å². The van der Waals surface area contributed by atoms with Gasteiger partial charge in [0.2, 0.25) is 0 Å². The van der Waals surface area contributed by atoms with Crippen molar-refractivity contribution in [1.82, 2.24) is 9.97 Å². The summed E-state index contributed by atoms with van der Waals surface area (Å²) >= 11 is 0. The minimum Gasteiger partial charge on any atom is -0.486 e. The molecule has 1 aliphatic rings. The van der Waals surface area contributed by atoms with E-state index in [1.807, 2.05) is 6.07 Å². The summed E-state index contributed by atoms with van der Waals surface area (Å²) in [4.78, 5) is 31.3. The number of esters is 1. The highest BCUT2D eigenvalue weighted by molar-refractivity contribution is 5.87. The van der Waals surface area contributed by atoms with Crippen molar-refractivity contribution in [3.05, 3.63) is 70.3 Å². The number of nitrogens with zero attached hydrogens (tertiary/aromatic N) is 1. The van der Waals surface area contributed by atoms with Gasteiger partial charge in [0.1, 0.15) is 13.2 Å². The number of carbonyl (C=O) groups excluding carboxylic acids is 1. The Morgan fingerprint density at radius 1 is 1.18 bits per heavy atom. The molecule has 1 aliphatic heterocycles. The van der Waals surface area contributed by atoms with E-state index < -0.39 is 12.1 Å². The number of ether oxygens (including phenoxy) is 3. The smallest absolute Gasteiger partial charge is 0.331 e. The fourth-order valence-corrected chi connectivity index (χ4v) is 2.89. The maximum absolute atomic E-state index is 12.2. The van der Waals surface area contributed by atoms with Crippen molar-refractivity contribution in [2.24, 2.45) is 0 Å². The Kier molecular flexibility index (Phi) is 4.80. The van der Waals surface area contributed by atoms with Gasteiger partial charge in [0, 0.05) is 6.08 Å². The molecule has 7 nitrogen and oxygen atoms in total. The van der Waals surface area contributed by atoms with E-state index in [1.54, 1.807) is 49.4 Å². The second kappa shape index (κ2) is 7.56. The van der Waals surface area contributed by atoms with Gasteiger partial charge in [-0.1, -0.05) is 18.2 Å². The number of H-pyrrole nitrogens is 1. The van der Waals surface area contributed by atoms with Crippen LogP contribution in [-0.4, -0.2) is 29.2 Å². The number of fused-ring (bicyclic) bond motifs is 2. The van der Waals surface area contributed by atoms with Crippen molar-refractivity contribution < 1.29 is 19.0 Å². The molecule has 0 fully saturated rings. The molecule has 0 unspecified atom stereocenters. The fraction of sp³-hybridized carbons (Fsp3) is 0.190. The molecule has 0 aliphatic carbocycles. The van der Waals surface area contributed by atoms with E-state index in [9.17, 15) is 9.59 Å². The van der Waals surface area contributed by atoms with Crippen LogP contribution in [0.2, 0.25) is 0 Å². The quantitative estimate of drug-likeness (QED) is 0.554. The zero-order valence-corrected chi connectivity index (χ0v) is 15.2. The highest BCUT2D eigenvalue weighted by Crippen LogP contribution is 2.31. The Labute approximate surface area is 160 Å². The van der Waals surface area contributed by atoms with E-state index in [0.29, 0.717) is 41.4 Å². The average molecular weight is 378 g/mol. The van der Waals surface area contributed by atoms with E-state index in [1.165, 1.54) is 6.08 Å². The van der Waals surface area contributed by atoms with Crippen molar-refractivity contribution in [3.63, 3.8) is 0 Å². The molecule has 28 heavy (non-hydrogen) atoms. The van der Waals surface area contributed by atoms with Crippen molar-refractivity contribution in [2.45, 2.75) is 13.0 Å². The fourth-order valence-electron chi connectivity index (χ4n) is 2.89. The van der Waals surface area contributed by atoms with Gasteiger partial charge in [-0.25, -0.2) is 9.78 Å². The first-order valence-electron chi connectivity index (χ1n) is 8.87. The van der Waals surface area contributed by atoms with E-state index in [4.69, 9.17) is 14.2 Å². The second-order valence-corrected chi connectivity index (χ2v) is 6.28. The first kappa shape index (κ1) is 17.8. The molecular weight excluding hydrogens is 360 g/mol. The third-order valence-corrected chi connectivity index (χ3v) is 4.29.